The molecule has 0 bridgehead atoms. The largest absolute Gasteiger partial charge is 0.399 e. The van der Waals surface area contributed by atoms with Crippen LogP contribution in [0, 0.1) is 5.82 Å². The molecular weight excluding hydrogens is 253 g/mol. The summed E-state index contributed by atoms with van der Waals surface area (Å²) in [6.07, 6.45) is 0.962. The number of benzene rings is 2. The number of hydrogen-bond donors (Lipinski definition) is 1. The molecule has 4 heteroatoms. The number of aromatic nitrogens is 2. The van der Waals surface area contributed by atoms with Crippen LogP contribution in [0.4, 0.5) is 10.1 Å². The molecule has 3 aromatic rings. The summed E-state index contributed by atoms with van der Waals surface area (Å²) in [5, 5.41) is 0. The molecule has 0 spiro atoms. The minimum absolute atomic E-state index is 0.283. The van der Waals surface area contributed by atoms with E-state index in [2.05, 4.69) is 16.5 Å². The summed E-state index contributed by atoms with van der Waals surface area (Å²) in [5.74, 6) is 0.501. The Morgan fingerprint density at radius 2 is 1.90 bits per heavy atom. The topological polar surface area (TPSA) is 43.8 Å². The first kappa shape index (κ1) is 12.7. The molecule has 2 aromatic carbocycles. The molecular formula is C16H16FN3. The molecule has 0 unspecified atom stereocenters. The molecule has 20 heavy (non-hydrogen) atoms. The highest BCUT2D eigenvalue weighted by Gasteiger charge is 2.14. The number of rotatable bonds is 3. The van der Waals surface area contributed by atoms with Gasteiger partial charge >= 0.3 is 0 Å². The summed E-state index contributed by atoms with van der Waals surface area (Å²) in [7, 11) is 0. The molecule has 3 rings (SSSR count). The Labute approximate surface area is 116 Å². The van der Waals surface area contributed by atoms with Crippen LogP contribution >= 0.6 is 0 Å². The molecule has 1 heterocycles. The van der Waals surface area contributed by atoms with Crippen molar-refractivity contribution >= 4 is 16.7 Å². The van der Waals surface area contributed by atoms with E-state index in [0.29, 0.717) is 11.2 Å². The standard InChI is InChI=1S/C16H16FN3/c1-2-10-20-14-5-3-4-13(17)15(14)19-16(20)11-6-8-12(18)9-7-11/h3-9H,2,10,18H2,1H3. The van der Waals surface area contributed by atoms with Crippen molar-refractivity contribution in [3.05, 3.63) is 48.3 Å². The van der Waals surface area contributed by atoms with Crippen molar-refractivity contribution in [2.75, 3.05) is 5.73 Å². The number of aryl methyl sites for hydroxylation is 1. The molecule has 0 aliphatic rings. The van der Waals surface area contributed by atoms with Crippen LogP contribution in [-0.2, 0) is 6.54 Å². The molecule has 0 atom stereocenters. The smallest absolute Gasteiger partial charge is 0.151 e. The molecule has 0 amide bonds. The number of para-hydroxylation sites is 1. The summed E-state index contributed by atoms with van der Waals surface area (Å²) in [6, 6.07) is 12.6. The van der Waals surface area contributed by atoms with E-state index in [9.17, 15) is 4.39 Å². The predicted octanol–water partition coefficient (Wildman–Crippen LogP) is 3.83. The van der Waals surface area contributed by atoms with E-state index < -0.39 is 0 Å². The van der Waals surface area contributed by atoms with Gasteiger partial charge in [0.2, 0.25) is 0 Å². The minimum atomic E-state index is -0.283. The first-order valence-electron chi connectivity index (χ1n) is 6.71. The van der Waals surface area contributed by atoms with E-state index in [1.54, 1.807) is 6.07 Å². The normalized spacial score (nSPS) is 11.1. The lowest BCUT2D eigenvalue weighted by molar-refractivity contribution is 0.637. The van der Waals surface area contributed by atoms with Gasteiger partial charge in [0, 0.05) is 17.8 Å². The van der Waals surface area contributed by atoms with Gasteiger partial charge in [0.25, 0.3) is 0 Å². The Morgan fingerprint density at radius 1 is 1.15 bits per heavy atom. The van der Waals surface area contributed by atoms with Crippen molar-refractivity contribution in [3.8, 4) is 11.4 Å². The van der Waals surface area contributed by atoms with Gasteiger partial charge in [-0.05, 0) is 42.8 Å². The number of nitrogens with zero attached hydrogens (tertiary/aromatic N) is 2. The third kappa shape index (κ3) is 2.03. The lowest BCUT2D eigenvalue weighted by Gasteiger charge is -2.08. The maximum atomic E-state index is 13.9. The number of halogens is 1. The van der Waals surface area contributed by atoms with Gasteiger partial charge in [-0.15, -0.1) is 0 Å². The molecule has 102 valence electrons. The predicted molar refractivity (Wildman–Crippen MR) is 79.8 cm³/mol. The lowest BCUT2D eigenvalue weighted by Crippen LogP contribution is -1.99. The Balaban J connectivity index is 2.26. The van der Waals surface area contributed by atoms with Crippen LogP contribution < -0.4 is 5.73 Å². The van der Waals surface area contributed by atoms with Gasteiger partial charge in [-0.25, -0.2) is 9.37 Å². The first-order chi connectivity index (χ1) is 9.70. The zero-order valence-electron chi connectivity index (χ0n) is 11.3. The van der Waals surface area contributed by atoms with Gasteiger partial charge in [-0.1, -0.05) is 13.0 Å². The van der Waals surface area contributed by atoms with Crippen molar-refractivity contribution in [3.63, 3.8) is 0 Å². The molecule has 1 aromatic heterocycles. The van der Waals surface area contributed by atoms with Crippen LogP contribution in [0.5, 0.6) is 0 Å². The lowest BCUT2D eigenvalue weighted by atomic mass is 10.2. The molecule has 0 aliphatic heterocycles. The van der Waals surface area contributed by atoms with Crippen LogP contribution in [0.3, 0.4) is 0 Å². The van der Waals surface area contributed by atoms with Crippen molar-refractivity contribution in [1.82, 2.24) is 9.55 Å². The van der Waals surface area contributed by atoms with E-state index in [0.717, 1.165) is 29.9 Å². The zero-order chi connectivity index (χ0) is 14.1. The molecule has 0 saturated heterocycles. The minimum Gasteiger partial charge on any atom is -0.399 e. The fourth-order valence-electron chi connectivity index (χ4n) is 2.42. The number of hydrogen-bond acceptors (Lipinski definition) is 2. The maximum absolute atomic E-state index is 13.9. The van der Waals surface area contributed by atoms with Gasteiger partial charge in [0.15, 0.2) is 5.82 Å². The van der Waals surface area contributed by atoms with Crippen molar-refractivity contribution in [1.29, 1.82) is 0 Å². The van der Waals surface area contributed by atoms with E-state index in [1.807, 2.05) is 30.3 Å². The van der Waals surface area contributed by atoms with Gasteiger partial charge in [0.05, 0.1) is 5.52 Å². The quantitative estimate of drug-likeness (QED) is 0.734. The first-order valence-corrected chi connectivity index (χ1v) is 6.71. The van der Waals surface area contributed by atoms with Crippen molar-refractivity contribution in [2.45, 2.75) is 19.9 Å². The Bertz CT molecular complexity index is 744. The number of fused-ring (bicyclic) bond motifs is 1. The summed E-state index contributed by atoms with van der Waals surface area (Å²) >= 11 is 0. The average Bonchev–Trinajstić information content (AvgIpc) is 2.81. The van der Waals surface area contributed by atoms with Gasteiger partial charge in [-0.2, -0.15) is 0 Å². The maximum Gasteiger partial charge on any atom is 0.151 e. The van der Waals surface area contributed by atoms with Gasteiger partial charge in [-0.3, -0.25) is 0 Å². The molecule has 0 saturated carbocycles. The summed E-state index contributed by atoms with van der Waals surface area (Å²) < 4.78 is 16.0. The summed E-state index contributed by atoms with van der Waals surface area (Å²) in [5.41, 5.74) is 8.62. The zero-order valence-corrected chi connectivity index (χ0v) is 11.3. The fourth-order valence-corrected chi connectivity index (χ4v) is 2.42. The third-order valence-corrected chi connectivity index (χ3v) is 3.35. The van der Waals surface area contributed by atoms with Crippen molar-refractivity contribution in [2.24, 2.45) is 0 Å². The highest BCUT2D eigenvalue weighted by Crippen LogP contribution is 2.27. The monoisotopic (exact) mass is 269 g/mol. The number of nitrogen functional groups attached to an aromatic ring is 1. The molecule has 0 fully saturated rings. The Kier molecular flexibility index (Phi) is 3.14. The second kappa shape index (κ2) is 4.96. The highest BCUT2D eigenvalue weighted by molar-refractivity contribution is 5.81. The number of nitrogens with two attached hydrogens (primary N) is 1. The SMILES string of the molecule is CCCn1c(-c2ccc(N)cc2)nc2c(F)cccc21. The van der Waals surface area contributed by atoms with Crippen LogP contribution in [0.25, 0.3) is 22.4 Å². The van der Waals surface area contributed by atoms with Crippen LogP contribution in [0.15, 0.2) is 42.5 Å². The highest BCUT2D eigenvalue weighted by atomic mass is 19.1. The van der Waals surface area contributed by atoms with Gasteiger partial charge in [0.1, 0.15) is 11.3 Å². The van der Waals surface area contributed by atoms with E-state index in [4.69, 9.17) is 5.73 Å². The molecule has 2 N–H and O–H groups in total. The summed E-state index contributed by atoms with van der Waals surface area (Å²) in [6.45, 7) is 2.90. The van der Waals surface area contributed by atoms with Crippen LogP contribution in [-0.4, -0.2) is 9.55 Å². The molecule has 0 radical (unpaired) electrons. The second-order valence-electron chi connectivity index (χ2n) is 4.82. The van der Waals surface area contributed by atoms with Crippen LogP contribution in [0.1, 0.15) is 13.3 Å². The summed E-state index contributed by atoms with van der Waals surface area (Å²) in [4.78, 5) is 4.48. The molecule has 0 aliphatic carbocycles. The molecule has 3 nitrogen and oxygen atoms in total. The van der Waals surface area contributed by atoms with E-state index in [1.165, 1.54) is 6.07 Å². The second-order valence-corrected chi connectivity index (χ2v) is 4.82. The van der Waals surface area contributed by atoms with E-state index in [-0.39, 0.29) is 5.82 Å². The fraction of sp³-hybridized carbons (Fsp3) is 0.188. The van der Waals surface area contributed by atoms with Gasteiger partial charge < -0.3 is 10.3 Å². The Morgan fingerprint density at radius 3 is 2.60 bits per heavy atom. The number of imidazole rings is 1. The van der Waals surface area contributed by atoms with Crippen molar-refractivity contribution < 1.29 is 4.39 Å². The van der Waals surface area contributed by atoms with Crippen LogP contribution in [0.2, 0.25) is 0 Å². The third-order valence-electron chi connectivity index (χ3n) is 3.35. The Hall–Kier alpha value is -2.36. The van der Waals surface area contributed by atoms with E-state index >= 15 is 0 Å². The average molecular weight is 269 g/mol. The number of anilines is 1.